The van der Waals surface area contributed by atoms with E-state index in [4.69, 9.17) is 4.84 Å². The second kappa shape index (κ2) is 16.1. The zero-order valence-electron chi connectivity index (χ0n) is 26.8. The third-order valence-corrected chi connectivity index (χ3v) is 9.15. The maximum Gasteiger partial charge on any atom is 0.347 e. The van der Waals surface area contributed by atoms with Crippen molar-refractivity contribution in [2.24, 2.45) is 5.92 Å². The molecule has 4 rings (SSSR count). The topological polar surface area (TPSA) is 108 Å². The quantitative estimate of drug-likeness (QED) is 0.0805. The number of fused-ring (bicyclic) bond motifs is 1. The number of amides is 1. The van der Waals surface area contributed by atoms with Crippen LogP contribution in [0.25, 0.3) is 10.8 Å². The van der Waals surface area contributed by atoms with Crippen LogP contribution in [0.2, 0.25) is 0 Å². The first-order valence-corrected chi connectivity index (χ1v) is 17.1. The number of thioether (sulfide) groups is 1. The maximum absolute atomic E-state index is 14.1. The molecule has 1 amide bonds. The van der Waals surface area contributed by atoms with Crippen LogP contribution in [0.1, 0.15) is 63.3 Å². The summed E-state index contributed by atoms with van der Waals surface area (Å²) in [7, 11) is 0. The number of rotatable bonds is 18. The van der Waals surface area contributed by atoms with Crippen molar-refractivity contribution in [3.8, 4) is 0 Å². The SMILES string of the molecule is CC[C@H](C)CCON(C(=O)CCc1ccccc1)[C@](CCSC)(NC(C)(Cc1ccc2ccccc2c1)c1cnc[nH]1)C(=O)O. The van der Waals surface area contributed by atoms with E-state index in [2.05, 4.69) is 59.5 Å². The first kappa shape index (κ1) is 34.2. The van der Waals surface area contributed by atoms with Crippen molar-refractivity contribution in [3.63, 3.8) is 0 Å². The number of aromatic nitrogens is 2. The molecule has 240 valence electrons. The zero-order chi connectivity index (χ0) is 32.3. The molecule has 0 saturated heterocycles. The summed E-state index contributed by atoms with van der Waals surface area (Å²) in [5.74, 6) is -0.687. The minimum absolute atomic E-state index is 0.106. The van der Waals surface area contributed by atoms with Crippen molar-refractivity contribution in [1.29, 1.82) is 0 Å². The second-order valence-electron chi connectivity index (χ2n) is 12.0. The summed E-state index contributed by atoms with van der Waals surface area (Å²) in [5, 5.41) is 18.0. The Bertz CT molecular complexity index is 1520. The number of carboxylic acid groups (broad SMARTS) is 1. The predicted octanol–water partition coefficient (Wildman–Crippen LogP) is 6.97. The van der Waals surface area contributed by atoms with Crippen LogP contribution in [0.15, 0.2) is 85.3 Å². The number of nitrogens with zero attached hydrogens (tertiary/aromatic N) is 2. The summed E-state index contributed by atoms with van der Waals surface area (Å²) in [6.45, 7) is 6.42. The maximum atomic E-state index is 14.1. The highest BCUT2D eigenvalue weighted by atomic mass is 32.2. The fourth-order valence-electron chi connectivity index (χ4n) is 5.63. The summed E-state index contributed by atoms with van der Waals surface area (Å²) in [4.78, 5) is 41.5. The Hall–Kier alpha value is -3.66. The van der Waals surface area contributed by atoms with Gasteiger partial charge in [-0.2, -0.15) is 16.8 Å². The largest absolute Gasteiger partial charge is 0.478 e. The number of aryl methyl sites for hydroxylation is 1. The van der Waals surface area contributed by atoms with Crippen LogP contribution in [0, 0.1) is 5.92 Å². The number of imidazole rings is 1. The summed E-state index contributed by atoms with van der Waals surface area (Å²) in [5.41, 5.74) is -0.0951. The number of H-pyrrole nitrogens is 1. The number of carbonyl (C=O) groups is 2. The minimum atomic E-state index is -1.86. The first-order chi connectivity index (χ1) is 21.7. The molecule has 0 saturated carbocycles. The van der Waals surface area contributed by atoms with Gasteiger partial charge in [0.1, 0.15) is 0 Å². The van der Waals surface area contributed by atoms with Gasteiger partial charge in [0.2, 0.25) is 11.6 Å². The Morgan fingerprint density at radius 3 is 2.47 bits per heavy atom. The summed E-state index contributed by atoms with van der Waals surface area (Å²) < 4.78 is 0. The van der Waals surface area contributed by atoms with Gasteiger partial charge in [-0.25, -0.2) is 9.78 Å². The van der Waals surface area contributed by atoms with Gasteiger partial charge in [0.25, 0.3) is 0 Å². The number of benzene rings is 3. The molecule has 0 aliphatic rings. The molecule has 3 aromatic carbocycles. The Kier molecular flexibility index (Phi) is 12.2. The molecule has 3 N–H and O–H groups in total. The van der Waals surface area contributed by atoms with E-state index < -0.39 is 17.2 Å². The molecule has 0 aliphatic heterocycles. The number of nitrogens with one attached hydrogen (secondary N) is 2. The van der Waals surface area contributed by atoms with Crippen LogP contribution >= 0.6 is 11.8 Å². The molecule has 1 aromatic heterocycles. The molecule has 45 heavy (non-hydrogen) atoms. The van der Waals surface area contributed by atoms with E-state index >= 15 is 0 Å². The highest BCUT2D eigenvalue weighted by Gasteiger charge is 2.52. The van der Waals surface area contributed by atoms with Gasteiger partial charge in [-0.3, -0.25) is 14.9 Å². The molecule has 3 atom stereocenters. The molecule has 8 nitrogen and oxygen atoms in total. The third-order valence-electron chi connectivity index (χ3n) is 8.54. The van der Waals surface area contributed by atoms with E-state index in [1.807, 2.05) is 55.6 Å². The number of carboxylic acids is 1. The molecule has 1 heterocycles. The minimum Gasteiger partial charge on any atom is -0.478 e. The van der Waals surface area contributed by atoms with Crippen LogP contribution in [-0.4, -0.2) is 56.3 Å². The molecule has 0 radical (unpaired) electrons. The molecule has 0 spiro atoms. The van der Waals surface area contributed by atoms with Gasteiger partial charge in [0, 0.05) is 19.0 Å². The number of hydrogen-bond donors (Lipinski definition) is 3. The van der Waals surface area contributed by atoms with Crippen molar-refractivity contribution >= 4 is 34.4 Å². The van der Waals surface area contributed by atoms with Gasteiger partial charge in [-0.1, -0.05) is 93.1 Å². The fraction of sp³-hybridized carbons (Fsp3) is 0.417. The monoisotopic (exact) mass is 630 g/mol. The lowest BCUT2D eigenvalue weighted by Gasteiger charge is -2.45. The average molecular weight is 631 g/mol. The number of carbonyl (C=O) groups excluding carboxylic acids is 1. The highest BCUT2D eigenvalue weighted by molar-refractivity contribution is 7.98. The molecule has 0 bridgehead atoms. The molecule has 0 aliphatic carbocycles. The van der Waals surface area contributed by atoms with Crippen molar-refractivity contribution in [3.05, 3.63) is 102 Å². The van der Waals surface area contributed by atoms with Gasteiger partial charge >= 0.3 is 5.97 Å². The molecule has 0 fully saturated rings. The number of aliphatic carboxylic acids is 1. The second-order valence-corrected chi connectivity index (χ2v) is 13.0. The predicted molar refractivity (Wildman–Crippen MR) is 182 cm³/mol. The van der Waals surface area contributed by atoms with Gasteiger partial charge in [-0.05, 0) is 66.0 Å². The summed E-state index contributed by atoms with van der Waals surface area (Å²) in [6.07, 6.45) is 8.04. The summed E-state index contributed by atoms with van der Waals surface area (Å²) in [6, 6.07) is 24.2. The third kappa shape index (κ3) is 8.75. The molecule has 9 heteroatoms. The Morgan fingerprint density at radius 2 is 1.80 bits per heavy atom. The van der Waals surface area contributed by atoms with Gasteiger partial charge in [0.15, 0.2) is 0 Å². The van der Waals surface area contributed by atoms with Crippen molar-refractivity contribution < 1.29 is 19.5 Å². The Balaban J connectivity index is 1.76. The van der Waals surface area contributed by atoms with Crippen LogP contribution in [0.4, 0.5) is 0 Å². The average Bonchev–Trinajstić information content (AvgIpc) is 3.61. The molecule has 4 aromatic rings. The van der Waals surface area contributed by atoms with Crippen molar-refractivity contribution in [2.45, 2.75) is 70.5 Å². The Labute approximate surface area is 270 Å². The molecule has 1 unspecified atom stereocenters. The standard InChI is InChI=1S/C36H46N4O4S/c1-5-27(2)19-21-44-40(33(41)18-16-28-11-7-6-8-12-28)36(34(42)43,20-22-45-4)39-35(3,32-25-37-26-38-32)24-29-15-17-30-13-9-10-14-31(30)23-29/h6-15,17,23,25-27,39H,5,16,18-22,24H2,1-4H3,(H,37,38)(H,42,43)/t27-,35?,36-/m0/s1. The van der Waals surface area contributed by atoms with Crippen molar-refractivity contribution in [1.82, 2.24) is 20.3 Å². The van der Waals surface area contributed by atoms with Gasteiger partial charge in [-0.15, -0.1) is 0 Å². The fourth-order valence-corrected chi connectivity index (χ4v) is 6.13. The van der Waals surface area contributed by atoms with E-state index in [1.54, 1.807) is 12.5 Å². The summed E-state index contributed by atoms with van der Waals surface area (Å²) >= 11 is 1.53. The van der Waals surface area contributed by atoms with E-state index in [-0.39, 0.29) is 25.4 Å². The van der Waals surface area contributed by atoms with E-state index in [9.17, 15) is 14.7 Å². The van der Waals surface area contributed by atoms with Gasteiger partial charge < -0.3 is 10.1 Å². The number of hydrogen-bond acceptors (Lipinski definition) is 6. The zero-order valence-corrected chi connectivity index (χ0v) is 27.6. The van der Waals surface area contributed by atoms with Crippen LogP contribution in [0.3, 0.4) is 0 Å². The lowest BCUT2D eigenvalue weighted by Crippen LogP contribution is -2.70. The van der Waals surface area contributed by atoms with E-state index in [1.165, 1.54) is 11.8 Å². The highest BCUT2D eigenvalue weighted by Crippen LogP contribution is 2.33. The number of aromatic amines is 1. The van der Waals surface area contributed by atoms with Crippen LogP contribution < -0.4 is 5.32 Å². The lowest BCUT2D eigenvalue weighted by atomic mass is 9.86. The molecular formula is C36H46N4O4S. The molecular weight excluding hydrogens is 584 g/mol. The van der Waals surface area contributed by atoms with E-state index in [0.717, 1.165) is 33.4 Å². The number of hydroxylamine groups is 2. The van der Waals surface area contributed by atoms with Crippen molar-refractivity contribution in [2.75, 3.05) is 18.6 Å². The van der Waals surface area contributed by atoms with E-state index in [0.29, 0.717) is 36.6 Å². The van der Waals surface area contributed by atoms with Crippen LogP contribution in [0.5, 0.6) is 0 Å². The van der Waals surface area contributed by atoms with Crippen LogP contribution in [-0.2, 0) is 32.8 Å². The first-order valence-electron chi connectivity index (χ1n) is 15.7. The normalized spacial score (nSPS) is 14.8. The smallest absolute Gasteiger partial charge is 0.347 e. The van der Waals surface area contributed by atoms with Gasteiger partial charge in [0.05, 0.1) is 24.2 Å². The lowest BCUT2D eigenvalue weighted by molar-refractivity contribution is -0.240. The Morgan fingerprint density at radius 1 is 1.07 bits per heavy atom.